The quantitative estimate of drug-likeness (QED) is 0.213. The maximum atomic E-state index is 14.4. The number of likely N-dealkylation sites (tertiary alicyclic amines) is 1. The Kier molecular flexibility index (Phi) is 9.23. The molecule has 8 heteroatoms. The average Bonchev–Trinajstić information content (AvgIpc) is 3.51. The summed E-state index contributed by atoms with van der Waals surface area (Å²) in [6.07, 6.45) is 11.9. The summed E-state index contributed by atoms with van der Waals surface area (Å²) in [5.74, 6) is -0.289. The lowest BCUT2D eigenvalue weighted by atomic mass is 9.98. The second kappa shape index (κ2) is 12.4. The molecular formula is C31H38ClFN4O2. The van der Waals surface area contributed by atoms with E-state index in [1.807, 2.05) is 24.6 Å². The molecular weight excluding hydrogens is 515 g/mol. The Morgan fingerprint density at radius 2 is 2.05 bits per heavy atom. The zero-order chi connectivity index (χ0) is 28.3. The van der Waals surface area contributed by atoms with Gasteiger partial charge >= 0.3 is 0 Å². The zero-order valence-corrected chi connectivity index (χ0v) is 24.2. The number of carbonyl (C=O) groups excluding carboxylic acids is 2. The van der Waals surface area contributed by atoms with E-state index in [-0.39, 0.29) is 18.0 Å². The topological polar surface area (TPSA) is 58.4 Å². The van der Waals surface area contributed by atoms with Crippen molar-refractivity contribution in [2.24, 2.45) is 5.92 Å². The van der Waals surface area contributed by atoms with Crippen LogP contribution in [0.25, 0.3) is 16.6 Å². The molecule has 2 atom stereocenters. The smallest absolute Gasteiger partial charge is 0.256 e. The third kappa shape index (κ3) is 6.42. The first kappa shape index (κ1) is 29.0. The maximum absolute atomic E-state index is 14.4. The molecule has 0 saturated carbocycles. The van der Waals surface area contributed by atoms with Crippen LogP contribution in [0.1, 0.15) is 62.9 Å². The van der Waals surface area contributed by atoms with Crippen LogP contribution in [0.5, 0.6) is 0 Å². The molecule has 3 heterocycles. The number of allylic oxidation sites excluding steroid dienone is 1. The van der Waals surface area contributed by atoms with Crippen LogP contribution < -0.4 is 0 Å². The molecule has 1 unspecified atom stereocenters. The highest BCUT2D eigenvalue weighted by molar-refractivity contribution is 6.35. The van der Waals surface area contributed by atoms with E-state index in [1.54, 1.807) is 30.4 Å². The number of halogens is 2. The number of amides is 1. The van der Waals surface area contributed by atoms with Gasteiger partial charge in [-0.1, -0.05) is 23.3 Å². The molecule has 6 nitrogen and oxygen atoms in total. The van der Waals surface area contributed by atoms with Crippen molar-refractivity contribution in [2.75, 3.05) is 20.1 Å². The van der Waals surface area contributed by atoms with Crippen molar-refractivity contribution < 1.29 is 14.0 Å². The molecule has 1 aromatic carbocycles. The first-order chi connectivity index (χ1) is 18.6. The molecule has 1 aliphatic heterocycles. The average molecular weight is 553 g/mol. The van der Waals surface area contributed by atoms with Crippen molar-refractivity contribution >= 4 is 34.7 Å². The Labute approximate surface area is 235 Å². The Hall–Kier alpha value is -3.03. The second-order valence-electron chi connectivity index (χ2n) is 11.1. The van der Waals surface area contributed by atoms with E-state index in [1.165, 1.54) is 17.7 Å². The molecule has 1 aliphatic rings. The predicted octanol–water partition coefficient (Wildman–Crippen LogP) is 6.48. The summed E-state index contributed by atoms with van der Waals surface area (Å²) in [6, 6.07) is 4.55. The third-order valence-corrected chi connectivity index (χ3v) is 7.98. The number of nitrogens with zero attached hydrogens (tertiary/aromatic N) is 4. The van der Waals surface area contributed by atoms with Gasteiger partial charge in [-0.2, -0.15) is 0 Å². The summed E-state index contributed by atoms with van der Waals surface area (Å²) in [6.45, 7) is 9.96. The van der Waals surface area contributed by atoms with Gasteiger partial charge in [0.05, 0.1) is 28.0 Å². The number of aldehydes is 1. The van der Waals surface area contributed by atoms with E-state index in [2.05, 4.69) is 29.8 Å². The van der Waals surface area contributed by atoms with Crippen LogP contribution in [0.4, 0.5) is 4.39 Å². The molecule has 39 heavy (non-hydrogen) atoms. The van der Waals surface area contributed by atoms with Crippen molar-refractivity contribution in [2.45, 2.75) is 65.5 Å². The summed E-state index contributed by atoms with van der Waals surface area (Å²) in [7, 11) is 1.72. The first-order valence-corrected chi connectivity index (χ1v) is 14.0. The van der Waals surface area contributed by atoms with Gasteiger partial charge in [0.1, 0.15) is 12.1 Å². The molecule has 0 bridgehead atoms. The van der Waals surface area contributed by atoms with Crippen LogP contribution in [0, 0.1) is 11.7 Å². The Balaban J connectivity index is 1.69. The fraction of sp³-hybridized carbons (Fsp3) is 0.452. The van der Waals surface area contributed by atoms with Gasteiger partial charge in [0, 0.05) is 49.9 Å². The van der Waals surface area contributed by atoms with E-state index in [9.17, 15) is 14.0 Å². The minimum atomic E-state index is -0.460. The number of rotatable bonds is 10. The van der Waals surface area contributed by atoms with Gasteiger partial charge in [-0.3, -0.25) is 14.7 Å². The van der Waals surface area contributed by atoms with Crippen molar-refractivity contribution in [3.05, 3.63) is 70.4 Å². The van der Waals surface area contributed by atoms with E-state index >= 15 is 0 Å². The highest BCUT2D eigenvalue weighted by Crippen LogP contribution is 2.35. The minimum Gasteiger partial charge on any atom is -0.339 e. The number of aromatic nitrogens is 2. The Bertz CT molecular complexity index is 1380. The number of pyridine rings is 1. The van der Waals surface area contributed by atoms with Crippen LogP contribution in [0.3, 0.4) is 0 Å². The number of hydrogen-bond acceptors (Lipinski definition) is 4. The minimum absolute atomic E-state index is 0.0336. The van der Waals surface area contributed by atoms with Gasteiger partial charge in [-0.25, -0.2) is 4.39 Å². The molecule has 4 rings (SSSR count). The van der Waals surface area contributed by atoms with Crippen LogP contribution in [-0.2, 0) is 11.2 Å². The summed E-state index contributed by atoms with van der Waals surface area (Å²) in [4.78, 5) is 32.8. The molecule has 1 fully saturated rings. The number of hydrogen-bond donors (Lipinski definition) is 0. The molecule has 1 saturated heterocycles. The van der Waals surface area contributed by atoms with E-state index in [0.717, 1.165) is 55.1 Å². The number of benzene rings is 1. The van der Waals surface area contributed by atoms with E-state index in [0.29, 0.717) is 28.6 Å². The second-order valence-corrected chi connectivity index (χ2v) is 11.5. The standard InChI is InChI=1S/C31H38ClFN4O2/c1-20(2)13-25(7-6-12-38)36-11-10-22(18-36)14-23-19-37(29-17-34-16-27(32)30(23)29)28-9-8-24(33)15-26(28)31(39)35(5)21(3)4/h8-9,12-13,15-17,19,21-22,25H,6-7,10-11,14,18H2,1-5H3/t22-,25?/m0/s1. The van der Waals surface area contributed by atoms with Crippen molar-refractivity contribution in [3.63, 3.8) is 0 Å². The third-order valence-electron chi connectivity index (χ3n) is 7.69. The van der Waals surface area contributed by atoms with Crippen molar-refractivity contribution in [1.82, 2.24) is 19.4 Å². The van der Waals surface area contributed by atoms with Crippen molar-refractivity contribution in [3.8, 4) is 5.69 Å². The molecule has 3 aromatic rings. The highest BCUT2D eigenvalue weighted by Gasteiger charge is 2.29. The van der Waals surface area contributed by atoms with Gasteiger partial charge < -0.3 is 14.3 Å². The van der Waals surface area contributed by atoms with Crippen molar-refractivity contribution in [1.29, 1.82) is 0 Å². The van der Waals surface area contributed by atoms with Crippen LogP contribution in [0.15, 0.2) is 48.4 Å². The lowest BCUT2D eigenvalue weighted by molar-refractivity contribution is -0.108. The van der Waals surface area contributed by atoms with Gasteiger partial charge in [-0.15, -0.1) is 0 Å². The summed E-state index contributed by atoms with van der Waals surface area (Å²) in [5.41, 5.74) is 4.01. The van der Waals surface area contributed by atoms with Gasteiger partial charge in [-0.05, 0) is 83.2 Å². The number of fused-ring (bicyclic) bond motifs is 1. The fourth-order valence-corrected chi connectivity index (χ4v) is 5.79. The van der Waals surface area contributed by atoms with Crippen LogP contribution in [0.2, 0.25) is 5.02 Å². The van der Waals surface area contributed by atoms with Gasteiger partial charge in [0.15, 0.2) is 0 Å². The normalized spacial score (nSPS) is 16.6. The largest absolute Gasteiger partial charge is 0.339 e. The van der Waals surface area contributed by atoms with Gasteiger partial charge in [0.2, 0.25) is 0 Å². The monoisotopic (exact) mass is 552 g/mol. The number of carbonyl (C=O) groups is 2. The molecule has 0 N–H and O–H groups in total. The maximum Gasteiger partial charge on any atom is 0.256 e. The summed E-state index contributed by atoms with van der Waals surface area (Å²) in [5, 5.41) is 1.46. The lowest BCUT2D eigenvalue weighted by Gasteiger charge is -2.25. The molecule has 2 aromatic heterocycles. The molecule has 1 amide bonds. The van der Waals surface area contributed by atoms with Gasteiger partial charge in [0.25, 0.3) is 5.91 Å². The molecule has 0 aliphatic carbocycles. The van der Waals surface area contributed by atoms with Crippen LogP contribution in [-0.4, -0.2) is 63.8 Å². The first-order valence-electron chi connectivity index (χ1n) is 13.6. The molecule has 0 radical (unpaired) electrons. The van der Waals surface area contributed by atoms with E-state index in [4.69, 9.17) is 11.6 Å². The van der Waals surface area contributed by atoms with Crippen LogP contribution >= 0.6 is 11.6 Å². The Morgan fingerprint density at radius 1 is 1.28 bits per heavy atom. The zero-order valence-electron chi connectivity index (χ0n) is 23.5. The summed E-state index contributed by atoms with van der Waals surface area (Å²) >= 11 is 6.70. The highest BCUT2D eigenvalue weighted by atomic mass is 35.5. The predicted molar refractivity (Wildman–Crippen MR) is 155 cm³/mol. The Morgan fingerprint density at radius 3 is 2.74 bits per heavy atom. The fourth-order valence-electron chi connectivity index (χ4n) is 5.52. The molecule has 208 valence electrons. The lowest BCUT2D eigenvalue weighted by Crippen LogP contribution is -2.33. The SMILES string of the molecule is CC(C)=CC(CCC=O)N1CC[C@@H](Cc2cn(-c3ccc(F)cc3C(=O)N(C)C(C)C)c3cncc(Cl)c23)C1. The summed E-state index contributed by atoms with van der Waals surface area (Å²) < 4.78 is 16.3. The molecule has 0 spiro atoms. The van der Waals surface area contributed by atoms with E-state index < -0.39 is 5.82 Å².